The zero-order chi connectivity index (χ0) is 24.6. The molecule has 0 aliphatic rings. The first kappa shape index (κ1) is 24.5. The molecule has 0 aliphatic heterocycles. The van der Waals surface area contributed by atoms with Crippen molar-refractivity contribution in [2.45, 2.75) is 59.0 Å². The van der Waals surface area contributed by atoms with Gasteiger partial charge in [-0.1, -0.05) is 105 Å². The van der Waals surface area contributed by atoms with Gasteiger partial charge < -0.3 is 9.88 Å². The molecular weight excluding hydrogens is 430 g/mol. The van der Waals surface area contributed by atoms with Crippen molar-refractivity contribution in [2.24, 2.45) is 0 Å². The zero-order valence-electron chi connectivity index (χ0n) is 21.0. The highest BCUT2D eigenvalue weighted by molar-refractivity contribution is 5.99. The smallest absolute Gasteiger partial charge is 0.270 e. The molecule has 0 spiro atoms. The SMILES string of the molecule is CCCCc1ccc(-c2nc(-c3ccccc3)n(CC)c2C(=O)NC(CC)c2ccccc2)cc1. The fraction of sp³-hybridized carbons (Fsp3) is 0.290. The van der Waals surface area contributed by atoms with E-state index in [2.05, 4.69) is 62.5 Å². The third-order valence-corrected chi connectivity index (χ3v) is 6.49. The van der Waals surface area contributed by atoms with Crippen molar-refractivity contribution >= 4 is 5.91 Å². The number of benzene rings is 3. The summed E-state index contributed by atoms with van der Waals surface area (Å²) in [7, 11) is 0. The normalized spacial score (nSPS) is 11.9. The minimum atomic E-state index is -0.0951. The Hall–Kier alpha value is -3.66. The lowest BCUT2D eigenvalue weighted by molar-refractivity contribution is 0.0927. The molecule has 4 aromatic rings. The fourth-order valence-corrected chi connectivity index (χ4v) is 4.54. The first-order valence-corrected chi connectivity index (χ1v) is 12.8. The number of imidazole rings is 1. The van der Waals surface area contributed by atoms with Crippen LogP contribution in [0.3, 0.4) is 0 Å². The molecule has 0 aliphatic carbocycles. The number of carbonyl (C=O) groups excluding carboxylic acids is 1. The summed E-state index contributed by atoms with van der Waals surface area (Å²) in [5.41, 5.74) is 5.73. The minimum Gasteiger partial charge on any atom is -0.344 e. The van der Waals surface area contributed by atoms with Crippen LogP contribution in [-0.2, 0) is 13.0 Å². The minimum absolute atomic E-state index is 0.0617. The number of rotatable bonds is 10. The molecule has 1 aromatic heterocycles. The van der Waals surface area contributed by atoms with Gasteiger partial charge in [-0.2, -0.15) is 0 Å². The molecule has 180 valence electrons. The third kappa shape index (κ3) is 5.54. The molecule has 0 saturated heterocycles. The van der Waals surface area contributed by atoms with Gasteiger partial charge in [0.15, 0.2) is 0 Å². The van der Waals surface area contributed by atoms with Gasteiger partial charge in [0.2, 0.25) is 0 Å². The van der Waals surface area contributed by atoms with Crippen LogP contribution in [0.2, 0.25) is 0 Å². The van der Waals surface area contributed by atoms with Crippen LogP contribution < -0.4 is 5.32 Å². The molecule has 1 N–H and O–H groups in total. The van der Waals surface area contributed by atoms with Crippen LogP contribution in [-0.4, -0.2) is 15.5 Å². The Balaban J connectivity index is 1.78. The van der Waals surface area contributed by atoms with Gasteiger partial charge in [0.25, 0.3) is 5.91 Å². The Bertz CT molecular complexity index is 1230. The maximum absolute atomic E-state index is 13.8. The molecule has 4 nitrogen and oxygen atoms in total. The number of nitrogens with one attached hydrogen (secondary N) is 1. The Labute approximate surface area is 209 Å². The largest absolute Gasteiger partial charge is 0.344 e. The van der Waals surface area contributed by atoms with E-state index in [1.807, 2.05) is 53.1 Å². The van der Waals surface area contributed by atoms with Crippen molar-refractivity contribution in [3.8, 4) is 22.6 Å². The molecule has 0 fully saturated rings. The Kier molecular flexibility index (Phi) is 8.15. The van der Waals surface area contributed by atoms with Crippen LogP contribution in [0, 0.1) is 0 Å². The summed E-state index contributed by atoms with van der Waals surface area (Å²) < 4.78 is 2.04. The van der Waals surface area contributed by atoms with E-state index < -0.39 is 0 Å². The van der Waals surface area contributed by atoms with Gasteiger partial charge in [0.1, 0.15) is 17.2 Å². The van der Waals surface area contributed by atoms with E-state index in [4.69, 9.17) is 4.98 Å². The lowest BCUT2D eigenvalue weighted by atomic mass is 10.0. The number of aryl methyl sites for hydroxylation is 1. The van der Waals surface area contributed by atoms with Crippen molar-refractivity contribution in [1.29, 1.82) is 0 Å². The lowest BCUT2D eigenvalue weighted by Crippen LogP contribution is -2.30. The van der Waals surface area contributed by atoms with Gasteiger partial charge in [-0.15, -0.1) is 0 Å². The molecule has 3 aromatic carbocycles. The summed E-state index contributed by atoms with van der Waals surface area (Å²) in [4.78, 5) is 18.9. The molecule has 4 rings (SSSR count). The lowest BCUT2D eigenvalue weighted by Gasteiger charge is -2.19. The number of unbranched alkanes of at least 4 members (excludes halogenated alkanes) is 1. The Morgan fingerprint density at radius 2 is 1.51 bits per heavy atom. The van der Waals surface area contributed by atoms with E-state index >= 15 is 0 Å². The first-order valence-electron chi connectivity index (χ1n) is 12.8. The van der Waals surface area contributed by atoms with Crippen LogP contribution in [0.1, 0.15) is 67.7 Å². The van der Waals surface area contributed by atoms with Gasteiger partial charge in [-0.3, -0.25) is 4.79 Å². The van der Waals surface area contributed by atoms with Crippen molar-refractivity contribution in [1.82, 2.24) is 14.9 Å². The number of carbonyl (C=O) groups is 1. The van der Waals surface area contributed by atoms with Gasteiger partial charge in [0.05, 0.1) is 6.04 Å². The van der Waals surface area contributed by atoms with Crippen LogP contribution in [0.4, 0.5) is 0 Å². The zero-order valence-corrected chi connectivity index (χ0v) is 21.0. The second-order valence-electron chi connectivity index (χ2n) is 8.89. The monoisotopic (exact) mass is 465 g/mol. The third-order valence-electron chi connectivity index (χ3n) is 6.49. The first-order chi connectivity index (χ1) is 17.2. The molecule has 0 bridgehead atoms. The van der Waals surface area contributed by atoms with Crippen molar-refractivity contribution in [3.05, 3.63) is 102 Å². The number of amides is 1. The van der Waals surface area contributed by atoms with Crippen molar-refractivity contribution in [2.75, 3.05) is 0 Å². The Morgan fingerprint density at radius 3 is 2.11 bits per heavy atom. The maximum atomic E-state index is 13.8. The van der Waals surface area contributed by atoms with Crippen LogP contribution in [0.25, 0.3) is 22.6 Å². The Morgan fingerprint density at radius 1 is 0.857 bits per heavy atom. The summed E-state index contributed by atoms with van der Waals surface area (Å²) in [6, 6.07) is 28.7. The van der Waals surface area contributed by atoms with Crippen LogP contribution >= 0.6 is 0 Å². The van der Waals surface area contributed by atoms with E-state index in [-0.39, 0.29) is 11.9 Å². The van der Waals surface area contributed by atoms with Gasteiger partial charge >= 0.3 is 0 Å². The summed E-state index contributed by atoms with van der Waals surface area (Å²) in [5.74, 6) is 0.721. The quantitative estimate of drug-likeness (QED) is 0.264. The highest BCUT2D eigenvalue weighted by Crippen LogP contribution is 2.31. The number of aromatic nitrogens is 2. The van der Waals surface area contributed by atoms with E-state index in [0.29, 0.717) is 12.2 Å². The van der Waals surface area contributed by atoms with Crippen LogP contribution in [0.15, 0.2) is 84.9 Å². The van der Waals surface area contributed by atoms with Crippen LogP contribution in [0.5, 0.6) is 0 Å². The van der Waals surface area contributed by atoms with E-state index in [9.17, 15) is 4.79 Å². The van der Waals surface area contributed by atoms with Gasteiger partial charge in [0, 0.05) is 17.7 Å². The molecule has 35 heavy (non-hydrogen) atoms. The molecule has 1 amide bonds. The molecule has 1 atom stereocenters. The van der Waals surface area contributed by atoms with Gasteiger partial charge in [-0.25, -0.2) is 4.98 Å². The predicted molar refractivity (Wildman–Crippen MR) is 144 cm³/mol. The van der Waals surface area contributed by atoms with E-state index in [1.54, 1.807) is 0 Å². The number of hydrogen-bond acceptors (Lipinski definition) is 2. The predicted octanol–water partition coefficient (Wildman–Crippen LogP) is 7.46. The fourth-order valence-electron chi connectivity index (χ4n) is 4.54. The average Bonchev–Trinajstić information content (AvgIpc) is 3.31. The topological polar surface area (TPSA) is 46.9 Å². The number of nitrogens with zero attached hydrogens (tertiary/aromatic N) is 2. The number of hydrogen-bond donors (Lipinski definition) is 1. The highest BCUT2D eigenvalue weighted by Gasteiger charge is 2.26. The molecule has 1 heterocycles. The summed E-state index contributed by atoms with van der Waals surface area (Å²) in [6.07, 6.45) is 4.22. The molecule has 0 radical (unpaired) electrons. The van der Waals surface area contributed by atoms with Crippen molar-refractivity contribution < 1.29 is 4.79 Å². The summed E-state index contributed by atoms with van der Waals surface area (Å²) >= 11 is 0. The average molecular weight is 466 g/mol. The van der Waals surface area contributed by atoms with Crippen molar-refractivity contribution in [3.63, 3.8) is 0 Å². The summed E-state index contributed by atoms with van der Waals surface area (Å²) in [6.45, 7) is 7.02. The molecule has 1 unspecified atom stereocenters. The molecule has 4 heteroatoms. The molecule has 0 saturated carbocycles. The van der Waals surface area contributed by atoms with E-state index in [1.165, 1.54) is 18.4 Å². The molecular formula is C31H35N3O. The van der Waals surface area contributed by atoms with Gasteiger partial charge in [-0.05, 0) is 37.3 Å². The second-order valence-corrected chi connectivity index (χ2v) is 8.89. The standard InChI is InChI=1S/C31H35N3O/c1-4-7-14-23-19-21-25(22-20-23)28-29(31(35)32-27(5-2)24-15-10-8-11-16-24)34(6-3)30(33-28)26-17-12-9-13-18-26/h8-13,15-22,27H,4-7,14H2,1-3H3,(H,32,35). The van der Waals surface area contributed by atoms with E-state index in [0.717, 1.165) is 41.1 Å². The highest BCUT2D eigenvalue weighted by atomic mass is 16.2. The maximum Gasteiger partial charge on any atom is 0.270 e. The summed E-state index contributed by atoms with van der Waals surface area (Å²) in [5, 5.41) is 3.29. The second kappa shape index (κ2) is 11.7.